The number of likely N-dealkylation sites (tertiary alicyclic amines) is 2. The Balaban J connectivity index is 1.12. The predicted molar refractivity (Wildman–Crippen MR) is 145 cm³/mol. The SMILES string of the molecule is C=CC(=O)N1CC2(C1)CN(C(c1ccc([C@H](C)Nc3ncc4c(n3)N(CC)C(=O)OC4)cc1)C1CCC1)C2. The lowest BCUT2D eigenvalue weighted by atomic mass is 9.68. The van der Waals surface area contributed by atoms with Crippen LogP contribution in [0.4, 0.5) is 16.6 Å². The van der Waals surface area contributed by atoms with Gasteiger partial charge in [0.05, 0.1) is 11.6 Å². The van der Waals surface area contributed by atoms with E-state index in [-0.39, 0.29) is 30.1 Å². The predicted octanol–water partition coefficient (Wildman–Crippen LogP) is 4.30. The number of anilines is 2. The zero-order valence-corrected chi connectivity index (χ0v) is 22.2. The number of cyclic esters (lactones) is 1. The highest BCUT2D eigenvalue weighted by molar-refractivity contribution is 5.89. The molecule has 1 aliphatic carbocycles. The van der Waals surface area contributed by atoms with Crippen LogP contribution in [0.3, 0.4) is 0 Å². The van der Waals surface area contributed by atoms with Crippen molar-refractivity contribution in [3.8, 4) is 0 Å². The highest BCUT2D eigenvalue weighted by atomic mass is 16.6. The Hall–Kier alpha value is -3.46. The Kier molecular flexibility index (Phi) is 6.34. The van der Waals surface area contributed by atoms with Gasteiger partial charge in [0.25, 0.3) is 0 Å². The van der Waals surface area contributed by atoms with Gasteiger partial charge in [-0.15, -0.1) is 0 Å². The molecule has 4 aliphatic rings. The Morgan fingerprint density at radius 3 is 2.55 bits per heavy atom. The van der Waals surface area contributed by atoms with Crippen LogP contribution in [-0.2, 0) is 16.1 Å². The Labute approximate surface area is 223 Å². The standard InChI is InChI=1S/C29H36N6O3/c1-4-24(36)33-15-29(16-33)17-34(18-29)25(21-7-6-8-21)22-11-9-20(10-12-22)19(3)31-27-30-13-23-14-38-28(37)35(5-2)26(23)32-27/h4,9-13,19,21,25H,1,5-8,14-18H2,2-3H3,(H,30,31,32)/t19-,25?/m0/s1. The molecular weight excluding hydrogens is 480 g/mol. The summed E-state index contributed by atoms with van der Waals surface area (Å²) in [6.07, 6.45) is 6.66. The first-order chi connectivity index (χ1) is 18.4. The molecule has 6 rings (SSSR count). The van der Waals surface area contributed by atoms with Crippen LogP contribution in [0.5, 0.6) is 0 Å². The second-order valence-electron chi connectivity index (χ2n) is 11.3. The molecule has 0 radical (unpaired) electrons. The molecule has 2 aromatic rings. The van der Waals surface area contributed by atoms with Gasteiger partial charge in [0.1, 0.15) is 12.4 Å². The minimum absolute atomic E-state index is 0.00510. The number of carbonyl (C=O) groups is 2. The highest BCUT2D eigenvalue weighted by Gasteiger charge is 2.55. The van der Waals surface area contributed by atoms with Gasteiger partial charge in [0.15, 0.2) is 0 Å². The van der Waals surface area contributed by atoms with Crippen LogP contribution in [0.1, 0.15) is 61.9 Å². The molecular formula is C29H36N6O3. The summed E-state index contributed by atoms with van der Waals surface area (Å²) in [5, 5.41) is 3.40. The summed E-state index contributed by atoms with van der Waals surface area (Å²) in [4.78, 5) is 39.1. The minimum atomic E-state index is -0.373. The van der Waals surface area contributed by atoms with Gasteiger partial charge in [-0.3, -0.25) is 14.6 Å². The fourth-order valence-electron chi connectivity index (χ4n) is 6.44. The van der Waals surface area contributed by atoms with Gasteiger partial charge in [-0.1, -0.05) is 37.3 Å². The number of nitrogens with one attached hydrogen (secondary N) is 1. The van der Waals surface area contributed by atoms with E-state index < -0.39 is 0 Å². The Morgan fingerprint density at radius 1 is 1.21 bits per heavy atom. The summed E-state index contributed by atoms with van der Waals surface area (Å²) in [5.41, 5.74) is 3.62. The van der Waals surface area contributed by atoms with Crippen molar-refractivity contribution in [2.24, 2.45) is 11.3 Å². The van der Waals surface area contributed by atoms with Gasteiger partial charge in [-0.2, -0.15) is 4.98 Å². The first-order valence-corrected chi connectivity index (χ1v) is 13.7. The number of ether oxygens (including phenoxy) is 1. The fraction of sp³-hybridized carbons (Fsp3) is 0.517. The molecule has 9 heteroatoms. The van der Waals surface area contributed by atoms with Crippen molar-refractivity contribution in [2.75, 3.05) is 42.9 Å². The zero-order valence-electron chi connectivity index (χ0n) is 22.2. The molecule has 1 aromatic carbocycles. The van der Waals surface area contributed by atoms with Crippen LogP contribution in [0, 0.1) is 11.3 Å². The van der Waals surface area contributed by atoms with Crippen molar-refractivity contribution in [3.05, 3.63) is 59.8 Å². The zero-order chi connectivity index (χ0) is 26.4. The maximum atomic E-state index is 12.1. The van der Waals surface area contributed by atoms with Gasteiger partial charge in [0, 0.05) is 50.4 Å². The van der Waals surface area contributed by atoms with Crippen LogP contribution < -0.4 is 10.2 Å². The Bertz CT molecular complexity index is 1230. The molecule has 0 bridgehead atoms. The van der Waals surface area contributed by atoms with Crippen LogP contribution >= 0.6 is 0 Å². The van der Waals surface area contributed by atoms with Gasteiger partial charge in [-0.25, -0.2) is 9.78 Å². The average Bonchev–Trinajstić information content (AvgIpc) is 2.85. The van der Waals surface area contributed by atoms with Gasteiger partial charge in [-0.05, 0) is 49.8 Å². The molecule has 1 saturated carbocycles. The summed E-state index contributed by atoms with van der Waals surface area (Å²) in [7, 11) is 0. The Morgan fingerprint density at radius 2 is 1.92 bits per heavy atom. The maximum absolute atomic E-state index is 12.1. The highest BCUT2D eigenvalue weighted by Crippen LogP contribution is 2.49. The molecule has 1 N–H and O–H groups in total. The number of benzene rings is 1. The molecule has 200 valence electrons. The van der Waals surface area contributed by atoms with Crippen molar-refractivity contribution >= 4 is 23.8 Å². The number of hydrogen-bond acceptors (Lipinski definition) is 7. The van der Waals surface area contributed by atoms with E-state index in [1.54, 1.807) is 6.20 Å². The van der Waals surface area contributed by atoms with E-state index in [0.717, 1.165) is 37.3 Å². The molecule has 2 atom stereocenters. The maximum Gasteiger partial charge on any atom is 0.415 e. The van der Waals surface area contributed by atoms with E-state index >= 15 is 0 Å². The van der Waals surface area contributed by atoms with E-state index in [2.05, 4.69) is 58.0 Å². The summed E-state index contributed by atoms with van der Waals surface area (Å²) in [6.45, 7) is 12.1. The first kappa shape index (κ1) is 24.9. The number of nitrogens with zero attached hydrogens (tertiary/aromatic N) is 5. The smallest absolute Gasteiger partial charge is 0.415 e. The van der Waals surface area contributed by atoms with Crippen molar-refractivity contribution in [1.29, 1.82) is 0 Å². The number of hydrogen-bond donors (Lipinski definition) is 1. The minimum Gasteiger partial charge on any atom is -0.444 e. The summed E-state index contributed by atoms with van der Waals surface area (Å²) < 4.78 is 5.19. The van der Waals surface area contributed by atoms with Gasteiger partial charge < -0.3 is 15.0 Å². The summed E-state index contributed by atoms with van der Waals surface area (Å²) in [5.74, 6) is 1.87. The normalized spacial score (nSPS) is 21.9. The van der Waals surface area contributed by atoms with E-state index in [1.165, 1.54) is 35.8 Å². The number of aromatic nitrogens is 2. The number of fused-ring (bicyclic) bond motifs is 1. The molecule has 3 aliphatic heterocycles. The molecule has 2 amide bonds. The molecule has 2 saturated heterocycles. The van der Waals surface area contributed by atoms with E-state index in [9.17, 15) is 9.59 Å². The molecule has 9 nitrogen and oxygen atoms in total. The number of rotatable bonds is 8. The summed E-state index contributed by atoms with van der Waals surface area (Å²) >= 11 is 0. The van der Waals surface area contributed by atoms with Crippen molar-refractivity contribution in [3.63, 3.8) is 0 Å². The molecule has 3 fully saturated rings. The molecule has 1 aromatic heterocycles. The van der Waals surface area contributed by atoms with Crippen LogP contribution in [0.2, 0.25) is 0 Å². The third kappa shape index (κ3) is 4.32. The van der Waals surface area contributed by atoms with Crippen LogP contribution in [0.15, 0.2) is 43.1 Å². The average molecular weight is 517 g/mol. The number of carbonyl (C=O) groups excluding carboxylic acids is 2. The van der Waals surface area contributed by atoms with Crippen LogP contribution in [-0.4, -0.2) is 64.5 Å². The van der Waals surface area contributed by atoms with Crippen molar-refractivity contribution in [2.45, 2.75) is 51.8 Å². The second-order valence-corrected chi connectivity index (χ2v) is 11.3. The van der Waals surface area contributed by atoms with Gasteiger partial charge >= 0.3 is 6.09 Å². The lowest BCUT2D eigenvalue weighted by molar-refractivity contribution is -0.163. The third-order valence-electron chi connectivity index (χ3n) is 8.71. The largest absolute Gasteiger partial charge is 0.444 e. The topological polar surface area (TPSA) is 90.9 Å². The number of amides is 2. The second kappa shape index (κ2) is 9.69. The molecule has 4 heterocycles. The fourth-order valence-corrected chi connectivity index (χ4v) is 6.44. The van der Waals surface area contributed by atoms with Crippen molar-refractivity contribution in [1.82, 2.24) is 19.8 Å². The quantitative estimate of drug-likeness (QED) is 0.523. The van der Waals surface area contributed by atoms with E-state index in [4.69, 9.17) is 4.74 Å². The third-order valence-corrected chi connectivity index (χ3v) is 8.71. The summed E-state index contributed by atoms with van der Waals surface area (Å²) in [6, 6.07) is 9.41. The van der Waals surface area contributed by atoms with E-state index in [1.807, 2.05) is 11.8 Å². The lowest BCUT2D eigenvalue weighted by Gasteiger charge is -2.63. The first-order valence-electron chi connectivity index (χ1n) is 13.7. The monoisotopic (exact) mass is 516 g/mol. The van der Waals surface area contributed by atoms with Crippen molar-refractivity contribution < 1.29 is 14.3 Å². The van der Waals surface area contributed by atoms with Gasteiger partial charge in [0.2, 0.25) is 11.9 Å². The van der Waals surface area contributed by atoms with Crippen LogP contribution in [0.25, 0.3) is 0 Å². The van der Waals surface area contributed by atoms with E-state index in [0.29, 0.717) is 30.3 Å². The molecule has 1 unspecified atom stereocenters. The molecule has 1 spiro atoms. The molecule has 38 heavy (non-hydrogen) atoms. The lowest BCUT2D eigenvalue weighted by Crippen LogP contribution is -2.73.